The third-order valence-electron chi connectivity index (χ3n) is 3.87. The Morgan fingerprint density at radius 3 is 2.68 bits per heavy atom. The summed E-state index contributed by atoms with van der Waals surface area (Å²) in [6.45, 7) is 2.11. The number of hydrogen-bond donors (Lipinski definition) is 1. The minimum atomic E-state index is 0.179. The molecule has 1 aromatic carbocycles. The van der Waals surface area contributed by atoms with Gasteiger partial charge >= 0.3 is 0 Å². The Balaban J connectivity index is 2.14. The van der Waals surface area contributed by atoms with E-state index in [9.17, 15) is 0 Å². The monoisotopic (exact) mass is 263 g/mol. The lowest BCUT2D eigenvalue weighted by Crippen LogP contribution is -2.22. The van der Waals surface area contributed by atoms with Crippen molar-refractivity contribution in [1.82, 2.24) is 0 Å². The highest BCUT2D eigenvalue weighted by molar-refractivity contribution is 5.41. The molecule has 0 amide bonds. The van der Waals surface area contributed by atoms with Gasteiger partial charge in [0.2, 0.25) is 0 Å². The molecule has 0 aromatic heterocycles. The molecule has 0 heterocycles. The first kappa shape index (κ1) is 14.2. The topological polar surface area (TPSA) is 44.5 Å². The third-order valence-corrected chi connectivity index (χ3v) is 3.87. The van der Waals surface area contributed by atoms with Gasteiger partial charge in [-0.15, -0.1) is 0 Å². The van der Waals surface area contributed by atoms with Crippen molar-refractivity contribution in [2.24, 2.45) is 5.73 Å². The first-order chi connectivity index (χ1) is 9.22. The molecule has 0 aliphatic heterocycles. The second-order valence-electron chi connectivity index (χ2n) is 5.37. The summed E-state index contributed by atoms with van der Waals surface area (Å²) in [5, 5.41) is 0. The van der Waals surface area contributed by atoms with Gasteiger partial charge in [0.15, 0.2) is 0 Å². The van der Waals surface area contributed by atoms with Gasteiger partial charge in [0.05, 0.1) is 13.2 Å². The van der Waals surface area contributed by atoms with Crippen LogP contribution >= 0.6 is 0 Å². The van der Waals surface area contributed by atoms with Crippen LogP contribution in [0.25, 0.3) is 0 Å². The number of rotatable bonds is 6. The molecule has 0 bridgehead atoms. The summed E-state index contributed by atoms with van der Waals surface area (Å²) < 4.78 is 11.4. The predicted octanol–water partition coefficient (Wildman–Crippen LogP) is 3.30. The van der Waals surface area contributed by atoms with E-state index in [1.165, 1.54) is 31.2 Å². The summed E-state index contributed by atoms with van der Waals surface area (Å²) in [7, 11) is 1.69. The van der Waals surface area contributed by atoms with E-state index < -0.39 is 0 Å². The van der Waals surface area contributed by atoms with Gasteiger partial charge in [-0.2, -0.15) is 0 Å². The van der Waals surface area contributed by atoms with Crippen molar-refractivity contribution in [3.8, 4) is 11.5 Å². The molecule has 0 saturated heterocycles. The highest BCUT2D eigenvalue weighted by atomic mass is 16.5. The fourth-order valence-electron chi connectivity index (χ4n) is 2.57. The van der Waals surface area contributed by atoms with E-state index in [1.807, 2.05) is 12.1 Å². The highest BCUT2D eigenvalue weighted by Crippen LogP contribution is 2.30. The second kappa shape index (κ2) is 6.80. The number of benzene rings is 1. The van der Waals surface area contributed by atoms with Gasteiger partial charge < -0.3 is 15.2 Å². The minimum absolute atomic E-state index is 0.179. The van der Waals surface area contributed by atoms with E-state index in [1.54, 1.807) is 7.11 Å². The lowest BCUT2D eigenvalue weighted by molar-refractivity contribution is 0.207. The van der Waals surface area contributed by atoms with Crippen LogP contribution in [0.1, 0.15) is 44.6 Å². The van der Waals surface area contributed by atoms with Gasteiger partial charge in [-0.05, 0) is 62.3 Å². The van der Waals surface area contributed by atoms with Crippen LogP contribution in [0.15, 0.2) is 18.2 Å². The average molecular weight is 263 g/mol. The Hall–Kier alpha value is -1.22. The fraction of sp³-hybridized carbons (Fsp3) is 0.625. The van der Waals surface area contributed by atoms with E-state index in [2.05, 4.69) is 13.0 Å². The van der Waals surface area contributed by atoms with Crippen molar-refractivity contribution in [2.75, 3.05) is 7.11 Å². The van der Waals surface area contributed by atoms with E-state index in [4.69, 9.17) is 15.2 Å². The van der Waals surface area contributed by atoms with Gasteiger partial charge in [-0.25, -0.2) is 0 Å². The Morgan fingerprint density at radius 2 is 2.05 bits per heavy atom. The molecule has 2 rings (SSSR count). The van der Waals surface area contributed by atoms with E-state index in [0.29, 0.717) is 6.10 Å². The summed E-state index contributed by atoms with van der Waals surface area (Å²) >= 11 is 0. The molecule has 1 aromatic rings. The number of nitrogens with two attached hydrogens (primary N) is 1. The standard InChI is InChI=1S/C16H25NO2/c1-3-13(17)10-12-11-15(18-2)8-9-16(12)19-14-6-4-5-7-14/h8-9,11,13-14H,3-7,10,17H2,1-2H3. The van der Waals surface area contributed by atoms with Crippen LogP contribution in [0.2, 0.25) is 0 Å². The molecule has 0 radical (unpaired) electrons. The van der Waals surface area contributed by atoms with Crippen molar-refractivity contribution < 1.29 is 9.47 Å². The molecule has 3 heteroatoms. The first-order valence-corrected chi connectivity index (χ1v) is 7.32. The first-order valence-electron chi connectivity index (χ1n) is 7.32. The van der Waals surface area contributed by atoms with Crippen LogP contribution in [0.4, 0.5) is 0 Å². The maximum Gasteiger partial charge on any atom is 0.123 e. The molecule has 1 fully saturated rings. The number of hydrogen-bond acceptors (Lipinski definition) is 3. The largest absolute Gasteiger partial charge is 0.497 e. The quantitative estimate of drug-likeness (QED) is 0.856. The average Bonchev–Trinajstić information content (AvgIpc) is 2.93. The number of methoxy groups -OCH3 is 1. The predicted molar refractivity (Wildman–Crippen MR) is 77.8 cm³/mol. The van der Waals surface area contributed by atoms with Crippen molar-refractivity contribution >= 4 is 0 Å². The Bertz CT molecular complexity index is 400. The van der Waals surface area contributed by atoms with Gasteiger partial charge in [0.25, 0.3) is 0 Å². The van der Waals surface area contributed by atoms with Crippen molar-refractivity contribution in [1.29, 1.82) is 0 Å². The molecule has 106 valence electrons. The summed E-state index contributed by atoms with van der Waals surface area (Å²) in [6, 6.07) is 6.22. The van der Waals surface area contributed by atoms with Crippen molar-refractivity contribution in [3.63, 3.8) is 0 Å². The lowest BCUT2D eigenvalue weighted by Gasteiger charge is -2.19. The third kappa shape index (κ3) is 3.87. The molecule has 1 aliphatic rings. The molecule has 3 nitrogen and oxygen atoms in total. The molecule has 1 aliphatic carbocycles. The zero-order chi connectivity index (χ0) is 13.7. The van der Waals surface area contributed by atoms with E-state index in [0.717, 1.165) is 24.3 Å². The summed E-state index contributed by atoms with van der Waals surface area (Å²) in [4.78, 5) is 0. The van der Waals surface area contributed by atoms with E-state index in [-0.39, 0.29) is 6.04 Å². The maximum absolute atomic E-state index is 6.14. The van der Waals surface area contributed by atoms with Gasteiger partial charge in [0.1, 0.15) is 11.5 Å². The smallest absolute Gasteiger partial charge is 0.123 e. The zero-order valence-electron chi connectivity index (χ0n) is 12.0. The molecule has 19 heavy (non-hydrogen) atoms. The maximum atomic E-state index is 6.14. The van der Waals surface area contributed by atoms with Crippen LogP contribution in [-0.4, -0.2) is 19.3 Å². The van der Waals surface area contributed by atoms with Crippen molar-refractivity contribution in [2.45, 2.75) is 57.6 Å². The highest BCUT2D eigenvalue weighted by Gasteiger charge is 2.18. The second-order valence-corrected chi connectivity index (χ2v) is 5.37. The van der Waals surface area contributed by atoms with Crippen LogP contribution in [0.3, 0.4) is 0 Å². The van der Waals surface area contributed by atoms with Crippen LogP contribution in [0.5, 0.6) is 11.5 Å². The van der Waals surface area contributed by atoms with Crippen molar-refractivity contribution in [3.05, 3.63) is 23.8 Å². The molecule has 2 N–H and O–H groups in total. The molecule has 1 atom stereocenters. The van der Waals surface area contributed by atoms with Crippen LogP contribution in [-0.2, 0) is 6.42 Å². The summed E-state index contributed by atoms with van der Waals surface area (Å²) in [5.41, 5.74) is 7.24. The van der Waals surface area contributed by atoms with Crippen LogP contribution < -0.4 is 15.2 Å². The summed E-state index contributed by atoms with van der Waals surface area (Å²) in [5.74, 6) is 1.86. The SMILES string of the molecule is CCC(N)Cc1cc(OC)ccc1OC1CCCC1. The Labute approximate surface area is 116 Å². The molecule has 0 spiro atoms. The Morgan fingerprint density at radius 1 is 1.32 bits per heavy atom. The minimum Gasteiger partial charge on any atom is -0.497 e. The molecule has 1 unspecified atom stereocenters. The van der Waals surface area contributed by atoms with Gasteiger partial charge in [-0.1, -0.05) is 6.92 Å². The van der Waals surface area contributed by atoms with Crippen LogP contribution in [0, 0.1) is 0 Å². The Kier molecular flexibility index (Phi) is 5.08. The zero-order valence-corrected chi connectivity index (χ0v) is 12.0. The van der Waals surface area contributed by atoms with Gasteiger partial charge in [-0.3, -0.25) is 0 Å². The summed E-state index contributed by atoms with van der Waals surface area (Å²) in [6.07, 6.45) is 7.10. The van der Waals surface area contributed by atoms with Gasteiger partial charge in [0, 0.05) is 6.04 Å². The lowest BCUT2D eigenvalue weighted by atomic mass is 10.0. The molecular weight excluding hydrogens is 238 g/mol. The normalized spacial score (nSPS) is 17.4. The number of ether oxygens (including phenoxy) is 2. The molecular formula is C16H25NO2. The van der Waals surface area contributed by atoms with E-state index >= 15 is 0 Å². The molecule has 1 saturated carbocycles. The fourth-order valence-corrected chi connectivity index (χ4v) is 2.57.